The van der Waals surface area contributed by atoms with Crippen LogP contribution >= 0.6 is 15.9 Å². The highest BCUT2D eigenvalue weighted by Gasteiger charge is 2.45. The van der Waals surface area contributed by atoms with Crippen LogP contribution in [-0.2, 0) is 9.53 Å². The number of rotatable bonds is 3. The lowest BCUT2D eigenvalue weighted by molar-refractivity contribution is -0.134. The lowest BCUT2D eigenvalue weighted by Gasteiger charge is -2.45. The molecule has 1 aromatic heterocycles. The normalized spacial score (nSPS) is 20.5. The van der Waals surface area contributed by atoms with E-state index in [0.717, 1.165) is 4.47 Å². The SMILES string of the molecule is CC1CN(C(=O)OC(C)(C)C)C1C(=O)NNc1cc(Br)ccn1. The highest BCUT2D eigenvalue weighted by Crippen LogP contribution is 2.27. The minimum absolute atomic E-state index is 0.0692. The third kappa shape index (κ3) is 4.57. The summed E-state index contributed by atoms with van der Waals surface area (Å²) >= 11 is 3.33. The fourth-order valence-corrected chi connectivity index (χ4v) is 2.61. The Balaban J connectivity index is 1.93. The lowest BCUT2D eigenvalue weighted by Crippen LogP contribution is -2.64. The Morgan fingerprint density at radius 3 is 2.70 bits per heavy atom. The molecule has 2 amide bonds. The van der Waals surface area contributed by atoms with Gasteiger partial charge in [0.15, 0.2) is 0 Å². The molecule has 1 aliphatic rings. The van der Waals surface area contributed by atoms with Gasteiger partial charge in [0.2, 0.25) is 0 Å². The molecule has 7 nitrogen and oxygen atoms in total. The second-order valence-electron chi connectivity index (χ2n) is 6.53. The number of nitrogens with zero attached hydrogens (tertiary/aromatic N) is 2. The summed E-state index contributed by atoms with van der Waals surface area (Å²) < 4.78 is 6.16. The first-order valence-electron chi connectivity index (χ1n) is 7.34. The second kappa shape index (κ2) is 6.74. The van der Waals surface area contributed by atoms with E-state index in [-0.39, 0.29) is 11.8 Å². The van der Waals surface area contributed by atoms with E-state index in [4.69, 9.17) is 4.74 Å². The van der Waals surface area contributed by atoms with E-state index in [1.807, 2.05) is 6.92 Å². The van der Waals surface area contributed by atoms with Gasteiger partial charge in [0.05, 0.1) is 0 Å². The van der Waals surface area contributed by atoms with Gasteiger partial charge in [0.1, 0.15) is 17.5 Å². The van der Waals surface area contributed by atoms with Gasteiger partial charge in [-0.3, -0.25) is 20.5 Å². The summed E-state index contributed by atoms with van der Waals surface area (Å²) in [5.74, 6) is 0.277. The molecule has 23 heavy (non-hydrogen) atoms. The summed E-state index contributed by atoms with van der Waals surface area (Å²) in [7, 11) is 0. The van der Waals surface area contributed by atoms with Crippen LogP contribution in [-0.4, -0.2) is 40.1 Å². The first-order valence-corrected chi connectivity index (χ1v) is 8.14. The number of nitrogens with one attached hydrogen (secondary N) is 2. The van der Waals surface area contributed by atoms with Gasteiger partial charge >= 0.3 is 6.09 Å². The Bertz CT molecular complexity index is 603. The van der Waals surface area contributed by atoms with E-state index < -0.39 is 17.7 Å². The molecule has 8 heteroatoms. The number of aromatic nitrogens is 1. The molecule has 2 atom stereocenters. The first kappa shape index (κ1) is 17.5. The van der Waals surface area contributed by atoms with Gasteiger partial charge in [-0.15, -0.1) is 0 Å². The summed E-state index contributed by atoms with van der Waals surface area (Å²) in [4.78, 5) is 29.9. The van der Waals surface area contributed by atoms with Gasteiger partial charge in [-0.2, -0.15) is 0 Å². The molecule has 2 heterocycles. The molecule has 0 radical (unpaired) electrons. The topological polar surface area (TPSA) is 83.6 Å². The first-order chi connectivity index (χ1) is 10.7. The van der Waals surface area contributed by atoms with Gasteiger partial charge in [-0.25, -0.2) is 9.78 Å². The zero-order valence-electron chi connectivity index (χ0n) is 13.6. The van der Waals surface area contributed by atoms with Crippen molar-refractivity contribution in [1.82, 2.24) is 15.3 Å². The van der Waals surface area contributed by atoms with Crippen LogP contribution < -0.4 is 10.9 Å². The molecule has 0 bridgehead atoms. The molecule has 0 aliphatic carbocycles. The van der Waals surface area contributed by atoms with Crippen molar-refractivity contribution in [3.8, 4) is 0 Å². The quantitative estimate of drug-likeness (QED) is 0.782. The standard InChI is InChI=1S/C15H21BrN4O3/c1-9-8-20(14(22)23-15(2,3)4)12(9)13(21)19-18-11-7-10(16)5-6-17-11/h5-7,9,12H,8H2,1-4H3,(H,17,18)(H,19,21). The van der Waals surface area contributed by atoms with Crippen molar-refractivity contribution in [3.05, 3.63) is 22.8 Å². The predicted molar refractivity (Wildman–Crippen MR) is 89.6 cm³/mol. The molecule has 1 aromatic rings. The molecule has 2 rings (SSSR count). The second-order valence-corrected chi connectivity index (χ2v) is 7.44. The molecule has 0 saturated carbocycles. The van der Waals surface area contributed by atoms with Crippen molar-refractivity contribution < 1.29 is 14.3 Å². The van der Waals surface area contributed by atoms with Crippen LogP contribution in [0.25, 0.3) is 0 Å². The average Bonchev–Trinajstić information content (AvgIpc) is 2.40. The maximum Gasteiger partial charge on any atom is 0.410 e. The molecule has 1 fully saturated rings. The van der Waals surface area contributed by atoms with Crippen LogP contribution in [0.1, 0.15) is 27.7 Å². The molecule has 126 valence electrons. The Hall–Kier alpha value is -1.83. The minimum Gasteiger partial charge on any atom is -0.444 e. The summed E-state index contributed by atoms with van der Waals surface area (Å²) in [5, 5.41) is 0. The number of pyridine rings is 1. The number of likely N-dealkylation sites (tertiary alicyclic amines) is 1. The van der Waals surface area contributed by atoms with E-state index in [1.165, 1.54) is 4.90 Å². The average molecular weight is 385 g/mol. The van der Waals surface area contributed by atoms with Crippen LogP contribution in [0.5, 0.6) is 0 Å². The maximum atomic E-state index is 12.3. The van der Waals surface area contributed by atoms with Crippen molar-refractivity contribution >= 4 is 33.7 Å². The largest absolute Gasteiger partial charge is 0.444 e. The number of carbonyl (C=O) groups excluding carboxylic acids is 2. The van der Waals surface area contributed by atoms with Crippen LogP contribution in [0, 0.1) is 5.92 Å². The number of halogens is 1. The molecule has 0 spiro atoms. The van der Waals surface area contributed by atoms with E-state index >= 15 is 0 Å². The Labute approximate surface area is 143 Å². The predicted octanol–water partition coefficient (Wildman–Crippen LogP) is 2.54. The number of carbonyl (C=O) groups is 2. The number of ether oxygens (including phenoxy) is 1. The third-order valence-electron chi connectivity index (χ3n) is 3.29. The Morgan fingerprint density at radius 2 is 2.13 bits per heavy atom. The summed E-state index contributed by atoms with van der Waals surface area (Å²) in [6.45, 7) is 7.81. The number of hydrogen-bond donors (Lipinski definition) is 2. The Morgan fingerprint density at radius 1 is 1.43 bits per heavy atom. The smallest absolute Gasteiger partial charge is 0.410 e. The van der Waals surface area contributed by atoms with E-state index in [1.54, 1.807) is 39.1 Å². The molecule has 1 aliphatic heterocycles. The van der Waals surface area contributed by atoms with Crippen LogP contribution in [0.15, 0.2) is 22.8 Å². The monoisotopic (exact) mass is 384 g/mol. The van der Waals surface area contributed by atoms with Gasteiger partial charge in [0, 0.05) is 23.1 Å². The molecule has 0 aromatic carbocycles. The minimum atomic E-state index is -0.588. The van der Waals surface area contributed by atoms with E-state index in [9.17, 15) is 9.59 Å². The molecule has 1 saturated heterocycles. The highest BCUT2D eigenvalue weighted by atomic mass is 79.9. The van der Waals surface area contributed by atoms with Gasteiger partial charge in [-0.05, 0) is 32.9 Å². The van der Waals surface area contributed by atoms with Crippen LogP contribution in [0.4, 0.5) is 10.6 Å². The zero-order chi connectivity index (χ0) is 17.2. The van der Waals surface area contributed by atoms with Crippen molar-refractivity contribution in [2.75, 3.05) is 12.0 Å². The van der Waals surface area contributed by atoms with Crippen LogP contribution in [0.2, 0.25) is 0 Å². The molecule has 2 N–H and O–H groups in total. The highest BCUT2D eigenvalue weighted by molar-refractivity contribution is 9.10. The van der Waals surface area contributed by atoms with Gasteiger partial charge < -0.3 is 4.74 Å². The van der Waals surface area contributed by atoms with E-state index in [2.05, 4.69) is 31.8 Å². The summed E-state index contributed by atoms with van der Waals surface area (Å²) in [5.41, 5.74) is 4.74. The number of hydrazine groups is 1. The molecule has 2 unspecified atom stereocenters. The lowest BCUT2D eigenvalue weighted by atomic mass is 9.90. The number of amides is 2. The summed E-state index contributed by atoms with van der Waals surface area (Å²) in [6.07, 6.45) is 1.13. The van der Waals surface area contributed by atoms with Crippen LogP contribution in [0.3, 0.4) is 0 Å². The van der Waals surface area contributed by atoms with E-state index in [0.29, 0.717) is 12.4 Å². The summed E-state index contributed by atoms with van der Waals surface area (Å²) in [6, 6.07) is 2.96. The third-order valence-corrected chi connectivity index (χ3v) is 3.79. The fraction of sp³-hybridized carbons (Fsp3) is 0.533. The van der Waals surface area contributed by atoms with Crippen molar-refractivity contribution in [1.29, 1.82) is 0 Å². The molecular formula is C15H21BrN4O3. The van der Waals surface area contributed by atoms with Crippen molar-refractivity contribution in [2.45, 2.75) is 39.3 Å². The van der Waals surface area contributed by atoms with Gasteiger partial charge in [-0.1, -0.05) is 22.9 Å². The number of anilines is 1. The van der Waals surface area contributed by atoms with Crippen molar-refractivity contribution in [2.24, 2.45) is 5.92 Å². The number of hydrogen-bond acceptors (Lipinski definition) is 5. The van der Waals surface area contributed by atoms with Gasteiger partial charge in [0.25, 0.3) is 5.91 Å². The molecular weight excluding hydrogens is 364 g/mol. The maximum absolute atomic E-state index is 12.3. The van der Waals surface area contributed by atoms with Crippen molar-refractivity contribution in [3.63, 3.8) is 0 Å². The Kier molecular flexibility index (Phi) is 5.13. The fourth-order valence-electron chi connectivity index (χ4n) is 2.27. The zero-order valence-corrected chi connectivity index (χ0v) is 15.2.